The molecule has 1 amide bonds. The molecule has 0 bridgehead atoms. The van der Waals surface area contributed by atoms with E-state index in [2.05, 4.69) is 92.1 Å². The second-order valence-corrected chi connectivity index (χ2v) is 27.1. The quantitative estimate of drug-likeness (QED) is 0.0199. The number of carbonyl (C=O) groups excluding carboxylic acids is 1. The standard InChI is InChI=1S/C78H137NO18/c1-3-5-7-9-11-13-15-17-19-21-22-23-24-25-26-27-28-29-30-31-32-33-34-35-36-37-38-40-42-44-46-48-50-52-54-56-66(84)79-61(62(83)55-53-51-49-47-45-43-41-39-20-18-16-14-12-10-8-6-4-2)60-92-76-72(90)69(87)74(64(58-81)94-76)97-78-73(91)70(88)75(65(59-82)95-78)96-77-71(89)68(86)67(85)63(57-80)93-77/h5,7,11,13,17,19,22-23,25-26,45,47,53,55,61-65,67-78,80-83,85-91H,3-4,6,8-10,12,14-16,18,20-21,24,27-44,46,48-52,54,56-60H2,1-2H3,(H,79,84)/b7-5-,13-11-,19-17-,23-22-,26-25-,47-45+,55-53+. The molecule has 0 spiro atoms. The van der Waals surface area contributed by atoms with Gasteiger partial charge in [-0.1, -0.05) is 272 Å². The van der Waals surface area contributed by atoms with Crippen LogP contribution in [0, 0.1) is 0 Å². The highest BCUT2D eigenvalue weighted by atomic mass is 16.8. The van der Waals surface area contributed by atoms with E-state index in [1.54, 1.807) is 6.08 Å². The van der Waals surface area contributed by atoms with Gasteiger partial charge >= 0.3 is 0 Å². The Bertz CT molecular complexity index is 2080. The molecule has 17 unspecified atom stereocenters. The van der Waals surface area contributed by atoms with Crippen LogP contribution in [0.2, 0.25) is 0 Å². The lowest BCUT2D eigenvalue weighted by molar-refractivity contribution is -0.379. The molecule has 3 rings (SSSR count). The minimum absolute atomic E-state index is 0.234. The van der Waals surface area contributed by atoms with Crippen LogP contribution in [0.5, 0.6) is 0 Å². The Morgan fingerprint density at radius 1 is 0.381 bits per heavy atom. The van der Waals surface area contributed by atoms with Crippen LogP contribution in [0.4, 0.5) is 0 Å². The average molecular weight is 1380 g/mol. The van der Waals surface area contributed by atoms with E-state index >= 15 is 0 Å². The van der Waals surface area contributed by atoms with Crippen molar-refractivity contribution in [1.29, 1.82) is 0 Å². The minimum Gasteiger partial charge on any atom is -0.394 e. The predicted molar refractivity (Wildman–Crippen MR) is 383 cm³/mol. The van der Waals surface area contributed by atoms with E-state index in [4.69, 9.17) is 28.4 Å². The summed E-state index contributed by atoms with van der Waals surface area (Å²) in [6.45, 7) is 1.61. The van der Waals surface area contributed by atoms with Crippen molar-refractivity contribution in [3.63, 3.8) is 0 Å². The summed E-state index contributed by atoms with van der Waals surface area (Å²) in [4.78, 5) is 13.4. The molecule has 97 heavy (non-hydrogen) atoms. The van der Waals surface area contributed by atoms with Crippen LogP contribution in [0.3, 0.4) is 0 Å². The van der Waals surface area contributed by atoms with Gasteiger partial charge in [0.25, 0.3) is 0 Å². The normalized spacial score (nSPS) is 27.4. The van der Waals surface area contributed by atoms with Gasteiger partial charge in [0.15, 0.2) is 18.9 Å². The van der Waals surface area contributed by atoms with E-state index in [-0.39, 0.29) is 18.9 Å². The molecule has 0 radical (unpaired) electrons. The monoisotopic (exact) mass is 1380 g/mol. The summed E-state index contributed by atoms with van der Waals surface area (Å²) in [5.41, 5.74) is 0. The number of carbonyl (C=O) groups is 1. The zero-order valence-corrected chi connectivity index (χ0v) is 59.8. The maximum absolute atomic E-state index is 13.4. The van der Waals surface area contributed by atoms with Crippen LogP contribution in [0.1, 0.15) is 271 Å². The van der Waals surface area contributed by atoms with E-state index < -0.39 is 124 Å². The third-order valence-electron chi connectivity index (χ3n) is 18.7. The Morgan fingerprint density at radius 3 is 1.15 bits per heavy atom. The number of hydrogen-bond acceptors (Lipinski definition) is 18. The molecule has 0 aromatic heterocycles. The highest BCUT2D eigenvalue weighted by Crippen LogP contribution is 2.33. The highest BCUT2D eigenvalue weighted by molar-refractivity contribution is 5.76. The van der Waals surface area contributed by atoms with Crippen LogP contribution < -0.4 is 5.32 Å². The Morgan fingerprint density at radius 2 is 0.722 bits per heavy atom. The molecular formula is C78H137NO18. The van der Waals surface area contributed by atoms with Crippen LogP contribution >= 0.6 is 0 Å². The largest absolute Gasteiger partial charge is 0.394 e. The molecule has 3 fully saturated rings. The molecule has 3 aliphatic rings. The number of aliphatic hydroxyl groups is 11. The van der Waals surface area contributed by atoms with Crippen molar-refractivity contribution in [2.75, 3.05) is 26.4 Å². The Labute approximate surface area is 584 Å². The first-order valence-corrected chi connectivity index (χ1v) is 38.3. The van der Waals surface area contributed by atoms with Gasteiger partial charge in [-0.05, 0) is 77.0 Å². The number of unbranched alkanes of at least 4 members (excludes halogenated alkanes) is 31. The molecule has 0 saturated carbocycles. The number of nitrogens with one attached hydrogen (secondary N) is 1. The first-order valence-electron chi connectivity index (χ1n) is 38.3. The summed E-state index contributed by atoms with van der Waals surface area (Å²) in [7, 11) is 0. The molecule has 3 saturated heterocycles. The molecule has 19 nitrogen and oxygen atoms in total. The Balaban J connectivity index is 1.35. The fourth-order valence-corrected chi connectivity index (χ4v) is 12.5. The molecule has 19 heteroatoms. The second kappa shape index (κ2) is 58.5. The lowest BCUT2D eigenvalue weighted by Gasteiger charge is -2.48. The van der Waals surface area contributed by atoms with Gasteiger partial charge in [0.05, 0.1) is 38.6 Å². The zero-order chi connectivity index (χ0) is 70.4. The number of aliphatic hydroxyl groups excluding tert-OH is 11. The third kappa shape index (κ3) is 39.3. The maximum Gasteiger partial charge on any atom is 0.220 e. The van der Waals surface area contributed by atoms with Crippen molar-refractivity contribution in [3.05, 3.63) is 85.1 Å². The highest BCUT2D eigenvalue weighted by Gasteiger charge is 2.53. The van der Waals surface area contributed by atoms with E-state index in [0.717, 1.165) is 70.6 Å². The first kappa shape index (κ1) is 88.2. The van der Waals surface area contributed by atoms with Gasteiger partial charge in [0, 0.05) is 6.42 Å². The lowest BCUT2D eigenvalue weighted by Crippen LogP contribution is -2.66. The molecule has 0 aromatic rings. The summed E-state index contributed by atoms with van der Waals surface area (Å²) in [5.74, 6) is -0.284. The lowest BCUT2D eigenvalue weighted by atomic mass is 9.96. The Kier molecular flexibility index (Phi) is 53.2. The van der Waals surface area contributed by atoms with E-state index in [0.29, 0.717) is 12.8 Å². The van der Waals surface area contributed by atoms with E-state index in [1.807, 2.05) is 6.08 Å². The number of allylic oxidation sites excluding steroid dienone is 13. The van der Waals surface area contributed by atoms with Crippen LogP contribution in [0.15, 0.2) is 85.1 Å². The van der Waals surface area contributed by atoms with Crippen LogP contribution in [0.25, 0.3) is 0 Å². The summed E-state index contributed by atoms with van der Waals surface area (Å²) in [6.07, 6.45) is 50.0. The fraction of sp³-hybridized carbons (Fsp3) is 0.808. The van der Waals surface area contributed by atoms with E-state index in [9.17, 15) is 61.0 Å². The molecule has 0 aliphatic carbocycles. The zero-order valence-electron chi connectivity index (χ0n) is 59.8. The number of ether oxygens (including phenoxy) is 6. The van der Waals surface area contributed by atoms with Crippen LogP contribution in [-0.2, 0) is 33.2 Å². The number of rotatable bonds is 59. The summed E-state index contributed by atoms with van der Waals surface area (Å²) in [6, 6.07) is -0.993. The van der Waals surface area contributed by atoms with Gasteiger partial charge in [0.2, 0.25) is 5.91 Å². The van der Waals surface area contributed by atoms with Crippen molar-refractivity contribution >= 4 is 5.91 Å². The molecule has 562 valence electrons. The molecule has 3 aliphatic heterocycles. The van der Waals surface area contributed by atoms with Gasteiger partial charge in [-0.15, -0.1) is 0 Å². The number of hydrogen-bond donors (Lipinski definition) is 12. The van der Waals surface area contributed by atoms with Crippen molar-refractivity contribution < 1.29 is 89.4 Å². The fourth-order valence-electron chi connectivity index (χ4n) is 12.5. The predicted octanol–water partition coefficient (Wildman–Crippen LogP) is 11.8. The topological polar surface area (TPSA) is 307 Å². The molecule has 3 heterocycles. The van der Waals surface area contributed by atoms with Crippen molar-refractivity contribution in [1.82, 2.24) is 5.32 Å². The van der Waals surface area contributed by atoms with Gasteiger partial charge in [-0.3, -0.25) is 4.79 Å². The van der Waals surface area contributed by atoms with Crippen molar-refractivity contribution in [3.8, 4) is 0 Å². The third-order valence-corrected chi connectivity index (χ3v) is 18.7. The van der Waals surface area contributed by atoms with Crippen LogP contribution in [-0.4, -0.2) is 193 Å². The first-order chi connectivity index (χ1) is 47.3. The minimum atomic E-state index is -1.98. The van der Waals surface area contributed by atoms with Crippen molar-refractivity contribution in [2.45, 2.75) is 375 Å². The Hall–Kier alpha value is -3.03. The van der Waals surface area contributed by atoms with Gasteiger partial charge in [-0.2, -0.15) is 0 Å². The molecule has 12 N–H and O–H groups in total. The second-order valence-electron chi connectivity index (χ2n) is 27.1. The summed E-state index contributed by atoms with van der Waals surface area (Å²) >= 11 is 0. The summed E-state index contributed by atoms with van der Waals surface area (Å²) in [5, 5.41) is 121. The molecule has 0 aromatic carbocycles. The van der Waals surface area contributed by atoms with Gasteiger partial charge in [0.1, 0.15) is 73.2 Å². The molecular weight excluding hydrogens is 1240 g/mol. The smallest absolute Gasteiger partial charge is 0.220 e. The van der Waals surface area contributed by atoms with Gasteiger partial charge in [-0.25, -0.2) is 0 Å². The summed E-state index contributed by atoms with van der Waals surface area (Å²) < 4.78 is 34.4. The maximum atomic E-state index is 13.4. The average Bonchev–Trinajstić information content (AvgIpc) is 0.792. The van der Waals surface area contributed by atoms with Crippen molar-refractivity contribution in [2.24, 2.45) is 0 Å². The SMILES string of the molecule is CC/C=C\C/C=C\C/C=C\C/C=C\C/C=C\CCCCCCCCCCCCCCCCCCCCCC(=O)NC(COC1OC(CO)C(OC2OC(CO)C(OC3OC(CO)C(O)C(O)C3O)C(O)C2O)C(O)C1O)C(O)/C=C/CC/C=C/CCCCCCCCCCCCC. The number of amides is 1. The van der Waals surface area contributed by atoms with Gasteiger partial charge < -0.3 is 89.9 Å². The molecule has 17 atom stereocenters. The van der Waals surface area contributed by atoms with E-state index in [1.165, 1.54) is 167 Å².